The Labute approximate surface area is 133 Å². The molecule has 0 unspecified atom stereocenters. The van der Waals surface area contributed by atoms with Crippen LogP contribution in [0, 0.1) is 5.82 Å². The first-order valence-corrected chi connectivity index (χ1v) is 8.05. The molecule has 120 valence electrons. The first kappa shape index (κ1) is 14.4. The molecule has 0 radical (unpaired) electrons. The Hall–Kier alpha value is -2.24. The monoisotopic (exact) mass is 315 g/mol. The molecule has 1 aromatic carbocycles. The molecule has 5 nitrogen and oxygen atoms in total. The standard InChI is InChI=1S/C17H18FN3O2/c18-13-4-2-1-3-12(13)17(9-10-17)20-14(22)7-8-15-19-16(21-23-15)11-5-6-11/h1-4,11H,5-10H2,(H,20,22). The Bertz CT molecular complexity index is 735. The second kappa shape index (κ2) is 5.44. The molecular weight excluding hydrogens is 297 g/mol. The van der Waals surface area contributed by atoms with E-state index >= 15 is 0 Å². The Morgan fingerprint density at radius 2 is 2.13 bits per heavy atom. The van der Waals surface area contributed by atoms with Crippen LogP contribution in [0.2, 0.25) is 0 Å². The Morgan fingerprint density at radius 3 is 2.83 bits per heavy atom. The van der Waals surface area contributed by atoms with Crippen molar-refractivity contribution in [2.75, 3.05) is 0 Å². The molecule has 2 aliphatic carbocycles. The van der Waals surface area contributed by atoms with E-state index in [-0.39, 0.29) is 18.1 Å². The first-order valence-electron chi connectivity index (χ1n) is 8.05. The Kier molecular flexibility index (Phi) is 3.39. The number of nitrogens with one attached hydrogen (secondary N) is 1. The highest BCUT2D eigenvalue weighted by Crippen LogP contribution is 2.46. The van der Waals surface area contributed by atoms with Gasteiger partial charge in [0.1, 0.15) is 5.82 Å². The molecule has 2 fully saturated rings. The van der Waals surface area contributed by atoms with Gasteiger partial charge in [0.05, 0.1) is 5.54 Å². The molecule has 1 heterocycles. The van der Waals surface area contributed by atoms with Gasteiger partial charge in [0.15, 0.2) is 5.82 Å². The summed E-state index contributed by atoms with van der Waals surface area (Å²) in [6, 6.07) is 6.62. The fraction of sp³-hybridized carbons (Fsp3) is 0.471. The number of hydrogen-bond donors (Lipinski definition) is 1. The number of carbonyl (C=O) groups excluding carboxylic acids is 1. The zero-order valence-electron chi connectivity index (χ0n) is 12.7. The van der Waals surface area contributed by atoms with Gasteiger partial charge in [-0.1, -0.05) is 23.4 Å². The van der Waals surface area contributed by atoms with E-state index < -0.39 is 5.54 Å². The zero-order chi connectivity index (χ0) is 15.9. The maximum absolute atomic E-state index is 13.9. The van der Waals surface area contributed by atoms with Gasteiger partial charge in [-0.2, -0.15) is 4.98 Å². The van der Waals surface area contributed by atoms with Gasteiger partial charge in [0.2, 0.25) is 11.8 Å². The zero-order valence-corrected chi connectivity index (χ0v) is 12.7. The van der Waals surface area contributed by atoms with Crippen LogP contribution in [0.1, 0.15) is 55.3 Å². The van der Waals surface area contributed by atoms with E-state index in [1.54, 1.807) is 18.2 Å². The van der Waals surface area contributed by atoms with E-state index in [0.29, 0.717) is 23.8 Å². The third-order valence-electron chi connectivity index (χ3n) is 4.51. The summed E-state index contributed by atoms with van der Waals surface area (Å²) in [6.45, 7) is 0. The van der Waals surface area contributed by atoms with E-state index in [2.05, 4.69) is 15.5 Å². The lowest BCUT2D eigenvalue weighted by Gasteiger charge is -2.18. The topological polar surface area (TPSA) is 68.0 Å². The highest BCUT2D eigenvalue weighted by molar-refractivity contribution is 5.77. The molecule has 0 aliphatic heterocycles. The van der Waals surface area contributed by atoms with Crippen LogP contribution < -0.4 is 5.32 Å². The van der Waals surface area contributed by atoms with Gasteiger partial charge in [0.25, 0.3) is 0 Å². The summed E-state index contributed by atoms with van der Waals surface area (Å²) >= 11 is 0. The molecule has 1 amide bonds. The summed E-state index contributed by atoms with van der Waals surface area (Å²) in [5, 5.41) is 6.90. The number of hydrogen-bond acceptors (Lipinski definition) is 4. The Balaban J connectivity index is 1.35. The van der Waals surface area contributed by atoms with Crippen molar-refractivity contribution in [2.45, 2.75) is 50.0 Å². The average molecular weight is 315 g/mol. The molecule has 23 heavy (non-hydrogen) atoms. The van der Waals surface area contributed by atoms with Crippen LogP contribution in [0.5, 0.6) is 0 Å². The quantitative estimate of drug-likeness (QED) is 0.890. The van der Waals surface area contributed by atoms with Crippen LogP contribution in [-0.4, -0.2) is 16.0 Å². The lowest BCUT2D eigenvalue weighted by Crippen LogP contribution is -2.35. The third-order valence-corrected chi connectivity index (χ3v) is 4.51. The summed E-state index contributed by atoms with van der Waals surface area (Å²) in [5.41, 5.74) is 0.0401. The van der Waals surface area contributed by atoms with Crippen LogP contribution in [0.25, 0.3) is 0 Å². The van der Waals surface area contributed by atoms with Crippen molar-refractivity contribution in [1.82, 2.24) is 15.5 Å². The molecule has 6 heteroatoms. The summed E-state index contributed by atoms with van der Waals surface area (Å²) in [7, 11) is 0. The molecule has 1 N–H and O–H groups in total. The second-order valence-corrected chi connectivity index (χ2v) is 6.43. The number of benzene rings is 1. The van der Waals surface area contributed by atoms with Crippen molar-refractivity contribution in [3.05, 3.63) is 47.4 Å². The number of amides is 1. The highest BCUT2D eigenvalue weighted by atomic mass is 19.1. The minimum absolute atomic E-state index is 0.114. The van der Waals surface area contributed by atoms with Gasteiger partial charge in [0, 0.05) is 24.3 Å². The van der Waals surface area contributed by atoms with Crippen molar-refractivity contribution < 1.29 is 13.7 Å². The number of halogens is 1. The molecule has 0 saturated heterocycles. The van der Waals surface area contributed by atoms with Gasteiger partial charge in [-0.3, -0.25) is 4.79 Å². The SMILES string of the molecule is O=C(CCc1nc(C2CC2)no1)NC1(c2ccccc2F)CC1. The van der Waals surface area contributed by atoms with Gasteiger partial charge in [-0.25, -0.2) is 4.39 Å². The third kappa shape index (κ3) is 2.98. The molecule has 2 saturated carbocycles. The molecule has 0 bridgehead atoms. The highest BCUT2D eigenvalue weighted by Gasteiger charge is 2.47. The predicted octanol–water partition coefficient (Wildman–Crippen LogP) is 2.82. The van der Waals surface area contributed by atoms with Crippen LogP contribution in [0.15, 0.2) is 28.8 Å². The van der Waals surface area contributed by atoms with Crippen LogP contribution >= 0.6 is 0 Å². The number of rotatable bonds is 6. The van der Waals surface area contributed by atoms with Crippen molar-refractivity contribution in [1.29, 1.82) is 0 Å². The van der Waals surface area contributed by atoms with E-state index in [9.17, 15) is 9.18 Å². The predicted molar refractivity (Wildman–Crippen MR) is 80.0 cm³/mol. The lowest BCUT2D eigenvalue weighted by molar-refractivity contribution is -0.122. The smallest absolute Gasteiger partial charge is 0.227 e. The van der Waals surface area contributed by atoms with E-state index in [1.807, 2.05) is 0 Å². The lowest BCUT2D eigenvalue weighted by atomic mass is 10.0. The largest absolute Gasteiger partial charge is 0.346 e. The molecule has 2 aromatic rings. The summed E-state index contributed by atoms with van der Waals surface area (Å²) < 4.78 is 19.1. The number of aryl methyl sites for hydroxylation is 1. The molecule has 4 rings (SSSR count). The van der Waals surface area contributed by atoms with Crippen molar-refractivity contribution in [2.24, 2.45) is 0 Å². The van der Waals surface area contributed by atoms with E-state index in [4.69, 9.17) is 4.52 Å². The summed E-state index contributed by atoms with van der Waals surface area (Å²) in [6.07, 6.45) is 4.45. The van der Waals surface area contributed by atoms with Gasteiger partial charge in [-0.15, -0.1) is 0 Å². The minimum Gasteiger partial charge on any atom is -0.346 e. The first-order chi connectivity index (χ1) is 11.2. The van der Waals surface area contributed by atoms with Crippen molar-refractivity contribution in [3.8, 4) is 0 Å². The molecule has 2 aliphatic rings. The molecule has 0 spiro atoms. The van der Waals surface area contributed by atoms with Crippen molar-refractivity contribution >= 4 is 5.91 Å². The number of nitrogens with zero attached hydrogens (tertiary/aromatic N) is 2. The Morgan fingerprint density at radius 1 is 1.35 bits per heavy atom. The van der Waals surface area contributed by atoms with Gasteiger partial charge < -0.3 is 9.84 Å². The fourth-order valence-corrected chi connectivity index (χ4v) is 2.86. The minimum atomic E-state index is -0.531. The van der Waals surface area contributed by atoms with E-state index in [0.717, 1.165) is 31.5 Å². The summed E-state index contributed by atoms with van der Waals surface area (Å²) in [4.78, 5) is 16.5. The average Bonchev–Trinajstić information content (AvgIpc) is 3.47. The fourth-order valence-electron chi connectivity index (χ4n) is 2.86. The van der Waals surface area contributed by atoms with Crippen LogP contribution in [0.3, 0.4) is 0 Å². The summed E-state index contributed by atoms with van der Waals surface area (Å²) in [5.74, 6) is 1.31. The normalized spacial score (nSPS) is 18.7. The van der Waals surface area contributed by atoms with Crippen LogP contribution in [-0.2, 0) is 16.8 Å². The number of carbonyl (C=O) groups is 1. The second-order valence-electron chi connectivity index (χ2n) is 6.43. The maximum atomic E-state index is 13.9. The van der Waals surface area contributed by atoms with Gasteiger partial charge in [-0.05, 0) is 31.7 Å². The van der Waals surface area contributed by atoms with Crippen LogP contribution in [0.4, 0.5) is 4.39 Å². The number of aromatic nitrogens is 2. The molecular formula is C17H18FN3O2. The van der Waals surface area contributed by atoms with Crippen molar-refractivity contribution in [3.63, 3.8) is 0 Å². The molecule has 1 aromatic heterocycles. The van der Waals surface area contributed by atoms with E-state index in [1.165, 1.54) is 6.07 Å². The maximum Gasteiger partial charge on any atom is 0.227 e. The van der Waals surface area contributed by atoms with Gasteiger partial charge >= 0.3 is 0 Å². The molecule has 0 atom stereocenters.